The molecule has 0 aromatic carbocycles. The van der Waals surface area contributed by atoms with Crippen molar-refractivity contribution in [1.29, 1.82) is 0 Å². The molecule has 0 aliphatic carbocycles. The molecule has 30 valence electrons. The van der Waals surface area contributed by atoms with E-state index < -0.39 is 5.97 Å². The van der Waals surface area contributed by atoms with Gasteiger partial charge in [-0.1, -0.05) is 0 Å². The normalized spacial score (nSPS) is 4.17. The van der Waals surface area contributed by atoms with Gasteiger partial charge in [-0.3, -0.25) is 4.79 Å². The number of carboxylic acids is 1. The first-order valence-corrected chi connectivity index (χ1v) is 0.928. The van der Waals surface area contributed by atoms with E-state index in [9.17, 15) is 0 Å². The fourth-order valence-corrected chi connectivity index (χ4v) is 0. The maximum Gasteiger partial charge on any atom is 0 e. The number of hydrogen-bond donors (Lipinski definition) is 1. The summed E-state index contributed by atoms with van der Waals surface area (Å²) in [7, 11) is 0. The van der Waals surface area contributed by atoms with E-state index in [1.54, 1.807) is 0 Å². The second-order valence-corrected chi connectivity index (χ2v) is 0.519. The Kier molecular flexibility index (Phi) is 25.1. The van der Waals surface area contributed by atoms with E-state index in [2.05, 4.69) is 0 Å². The van der Waals surface area contributed by atoms with Crippen molar-refractivity contribution in [2.45, 2.75) is 6.92 Å². The zero-order valence-corrected chi connectivity index (χ0v) is 6.03. The summed E-state index contributed by atoms with van der Waals surface area (Å²) in [6.45, 7) is 1.08. The van der Waals surface area contributed by atoms with Gasteiger partial charge < -0.3 is 5.11 Å². The van der Waals surface area contributed by atoms with Crippen LogP contribution in [0.1, 0.15) is 6.92 Å². The molecule has 0 rings (SSSR count). The van der Waals surface area contributed by atoms with Crippen LogP contribution >= 0.6 is 0 Å². The van der Waals surface area contributed by atoms with Crippen LogP contribution in [0.2, 0.25) is 0 Å². The number of carboxylic acid groups (broad SMARTS) is 1. The van der Waals surface area contributed by atoms with Gasteiger partial charge in [-0.15, -0.1) is 0 Å². The van der Waals surface area contributed by atoms with E-state index in [-0.39, 0.29) is 57.2 Å². The number of aliphatic carboxylic acids is 1. The Balaban J connectivity index is -0.0000000450. The molecule has 6 heavy (non-hydrogen) atoms. The molecule has 0 heterocycles. The minimum atomic E-state index is -0.833. The van der Waals surface area contributed by atoms with Gasteiger partial charge >= 0.3 is 37.7 Å². The van der Waals surface area contributed by atoms with Gasteiger partial charge in [-0.05, 0) is 0 Å². The van der Waals surface area contributed by atoms with Gasteiger partial charge in [0.2, 0.25) is 0 Å². The van der Waals surface area contributed by atoms with E-state index in [1.165, 1.54) is 0 Å². The Morgan fingerprint density at radius 2 is 1.67 bits per heavy atom. The quantitative estimate of drug-likeness (QED) is 0.479. The zero-order valence-electron chi connectivity index (χ0n) is 3.06. The SMILES string of the molecule is CC(=O)O.[CaH2].[Zn]. The van der Waals surface area contributed by atoms with Crippen LogP contribution in [-0.4, -0.2) is 48.8 Å². The van der Waals surface area contributed by atoms with Crippen LogP contribution in [-0.2, 0) is 24.3 Å². The van der Waals surface area contributed by atoms with Gasteiger partial charge in [0.25, 0.3) is 5.97 Å². The van der Waals surface area contributed by atoms with Gasteiger partial charge in [0.15, 0.2) is 0 Å². The number of carbonyl (C=O) groups is 1. The van der Waals surface area contributed by atoms with Crippen LogP contribution in [0.5, 0.6) is 0 Å². The molecule has 0 radical (unpaired) electrons. The van der Waals surface area contributed by atoms with Gasteiger partial charge in [0, 0.05) is 26.4 Å². The van der Waals surface area contributed by atoms with Crippen molar-refractivity contribution in [3.8, 4) is 0 Å². The summed E-state index contributed by atoms with van der Waals surface area (Å²) in [6.07, 6.45) is 0. The van der Waals surface area contributed by atoms with Crippen molar-refractivity contribution in [2.75, 3.05) is 0 Å². The average Bonchev–Trinajstić information content (AvgIpc) is 0.811. The zero-order chi connectivity index (χ0) is 3.58. The van der Waals surface area contributed by atoms with Gasteiger partial charge in [0.1, 0.15) is 0 Å². The maximum absolute atomic E-state index is 9.00. The predicted molar refractivity (Wildman–Crippen MR) is 21.9 cm³/mol. The Morgan fingerprint density at radius 3 is 1.67 bits per heavy atom. The predicted octanol–water partition coefficient (Wildman–Crippen LogP) is -0.828. The fourth-order valence-electron chi connectivity index (χ4n) is 0. The van der Waals surface area contributed by atoms with Crippen LogP contribution in [0.15, 0.2) is 0 Å². The largest absolute Gasteiger partial charge is 0 e. The van der Waals surface area contributed by atoms with Crippen LogP contribution < -0.4 is 0 Å². The summed E-state index contributed by atoms with van der Waals surface area (Å²) >= 11 is 0. The van der Waals surface area contributed by atoms with Crippen molar-refractivity contribution in [3.63, 3.8) is 0 Å². The molecular formula is C2H6CaO2Zn. The maximum atomic E-state index is 9.00. The van der Waals surface area contributed by atoms with Crippen molar-refractivity contribution in [1.82, 2.24) is 0 Å². The van der Waals surface area contributed by atoms with Crippen molar-refractivity contribution >= 4 is 43.7 Å². The molecule has 0 fully saturated rings. The first kappa shape index (κ1) is 15.7. The van der Waals surface area contributed by atoms with Crippen LogP contribution in [0.4, 0.5) is 0 Å². The molecular weight excluding hydrogens is 161 g/mol. The third kappa shape index (κ3) is 55.4. The summed E-state index contributed by atoms with van der Waals surface area (Å²) in [5, 5.41) is 7.42. The molecule has 0 aromatic rings. The standard InChI is InChI=1S/C2H4O2.Ca.Zn.2H/c1-2(3)4;;;;/h1H3,(H,3,4);;;;. The Bertz CT molecular complexity index is 34.5. The Morgan fingerprint density at radius 1 is 1.67 bits per heavy atom. The van der Waals surface area contributed by atoms with E-state index in [0.29, 0.717) is 0 Å². The molecule has 0 unspecified atom stereocenters. The smallest absolute Gasteiger partial charge is 0 e. The van der Waals surface area contributed by atoms with Gasteiger partial charge in [0.05, 0.1) is 0 Å². The first-order chi connectivity index (χ1) is 1.73. The van der Waals surface area contributed by atoms with Crippen LogP contribution in [0, 0.1) is 0 Å². The Hall–Kier alpha value is 1.35. The summed E-state index contributed by atoms with van der Waals surface area (Å²) in [6, 6.07) is 0. The Labute approximate surface area is 79.1 Å². The molecule has 4 heteroatoms. The molecule has 0 saturated heterocycles. The minimum Gasteiger partial charge on any atom is 0 e. The van der Waals surface area contributed by atoms with Crippen LogP contribution in [0.3, 0.4) is 0 Å². The first-order valence-electron chi connectivity index (χ1n) is 0.928. The molecule has 0 saturated carbocycles. The van der Waals surface area contributed by atoms with E-state index in [4.69, 9.17) is 9.90 Å². The molecule has 0 spiro atoms. The van der Waals surface area contributed by atoms with Crippen molar-refractivity contribution < 1.29 is 29.4 Å². The third-order valence-electron chi connectivity index (χ3n) is 0. The van der Waals surface area contributed by atoms with Gasteiger partial charge in [-0.2, -0.15) is 0 Å². The molecule has 1 N–H and O–H groups in total. The topological polar surface area (TPSA) is 37.3 Å². The second-order valence-electron chi connectivity index (χ2n) is 0.519. The summed E-state index contributed by atoms with van der Waals surface area (Å²) in [4.78, 5) is 9.00. The number of rotatable bonds is 0. The molecule has 0 aliphatic rings. The molecule has 0 bridgehead atoms. The average molecular weight is 168 g/mol. The molecule has 0 aliphatic heterocycles. The molecule has 2 nitrogen and oxygen atoms in total. The summed E-state index contributed by atoms with van der Waals surface area (Å²) in [5.74, 6) is -0.833. The van der Waals surface area contributed by atoms with E-state index in [0.717, 1.165) is 6.92 Å². The van der Waals surface area contributed by atoms with Crippen molar-refractivity contribution in [2.24, 2.45) is 0 Å². The second kappa shape index (κ2) is 9.61. The summed E-state index contributed by atoms with van der Waals surface area (Å²) in [5.41, 5.74) is 0. The van der Waals surface area contributed by atoms with E-state index in [1.807, 2.05) is 0 Å². The molecule has 0 atom stereocenters. The molecule has 0 amide bonds. The fraction of sp³-hybridized carbons (Fsp3) is 0.500. The molecule has 0 aromatic heterocycles. The van der Waals surface area contributed by atoms with Gasteiger partial charge in [-0.25, -0.2) is 0 Å². The number of hydrogen-bond acceptors (Lipinski definition) is 1. The monoisotopic (exact) mass is 166 g/mol. The van der Waals surface area contributed by atoms with E-state index >= 15 is 0 Å². The summed E-state index contributed by atoms with van der Waals surface area (Å²) < 4.78 is 0. The minimum absolute atomic E-state index is 0. The van der Waals surface area contributed by atoms with Crippen molar-refractivity contribution in [3.05, 3.63) is 0 Å². The third-order valence-corrected chi connectivity index (χ3v) is 0. The van der Waals surface area contributed by atoms with Crippen LogP contribution in [0.25, 0.3) is 0 Å².